The normalized spacial score (nSPS) is 42.4. The maximum Gasteiger partial charge on any atom is 0.313 e. The Bertz CT molecular complexity index is 743. The molecule has 7 unspecified atom stereocenters. The van der Waals surface area contributed by atoms with Gasteiger partial charge < -0.3 is 4.74 Å². The summed E-state index contributed by atoms with van der Waals surface area (Å²) >= 11 is 0. The van der Waals surface area contributed by atoms with Gasteiger partial charge in [0.05, 0.1) is 0 Å². The van der Waals surface area contributed by atoms with Crippen LogP contribution >= 0.6 is 0 Å². The fourth-order valence-corrected chi connectivity index (χ4v) is 9.78. The van der Waals surface area contributed by atoms with Crippen molar-refractivity contribution in [2.24, 2.45) is 52.3 Å². The van der Waals surface area contributed by atoms with Gasteiger partial charge in [-0.05, 0) is 117 Å². The van der Waals surface area contributed by atoms with E-state index in [1.165, 1.54) is 71.1 Å². The molecule has 0 aromatic rings. The Morgan fingerprint density at radius 3 is 2.29 bits per heavy atom. The minimum absolute atomic E-state index is 0.0258. The molecular formula is C31H52O3. The molecule has 0 saturated heterocycles. The average Bonchev–Trinajstić information content (AvgIpc) is 3.10. The molecule has 0 N–H and O–H groups in total. The lowest BCUT2D eigenvalue weighted by molar-refractivity contribution is -0.163. The molecule has 194 valence electrons. The van der Waals surface area contributed by atoms with Crippen molar-refractivity contribution in [1.29, 1.82) is 0 Å². The summed E-state index contributed by atoms with van der Waals surface area (Å²) in [6.07, 6.45) is 15.8. The summed E-state index contributed by atoms with van der Waals surface area (Å²) in [5.41, 5.74) is 0.968. The number of hydrogen-bond donors (Lipinski definition) is 0. The third-order valence-electron chi connectivity index (χ3n) is 11.5. The first kappa shape index (κ1) is 26.2. The quantitative estimate of drug-likeness (QED) is 0.265. The first-order chi connectivity index (χ1) is 16.0. The van der Waals surface area contributed by atoms with Crippen molar-refractivity contribution >= 4 is 11.8 Å². The molecular weight excluding hydrogens is 420 g/mol. The fourth-order valence-electron chi connectivity index (χ4n) is 9.78. The number of fused-ring (bicyclic) bond motifs is 5. The molecule has 0 radical (unpaired) electrons. The molecule has 0 spiro atoms. The van der Waals surface area contributed by atoms with Crippen molar-refractivity contribution in [3.05, 3.63) is 0 Å². The van der Waals surface area contributed by atoms with Gasteiger partial charge in [-0.25, -0.2) is 0 Å². The van der Waals surface area contributed by atoms with Crippen LogP contribution in [0.2, 0.25) is 0 Å². The Balaban J connectivity index is 1.39. The van der Waals surface area contributed by atoms with Crippen LogP contribution in [0.15, 0.2) is 0 Å². The van der Waals surface area contributed by atoms with Crippen molar-refractivity contribution in [2.75, 3.05) is 0 Å². The molecule has 0 aromatic heterocycles. The number of carbonyl (C=O) groups excluding carboxylic acids is 2. The van der Waals surface area contributed by atoms with Gasteiger partial charge in [0.25, 0.3) is 0 Å². The molecule has 4 fully saturated rings. The van der Waals surface area contributed by atoms with Crippen molar-refractivity contribution in [3.63, 3.8) is 0 Å². The van der Waals surface area contributed by atoms with Crippen LogP contribution < -0.4 is 0 Å². The summed E-state index contributed by atoms with van der Waals surface area (Å²) in [6.45, 7) is 14.0. The maximum absolute atomic E-state index is 12.1. The molecule has 0 aromatic carbocycles. The van der Waals surface area contributed by atoms with Crippen LogP contribution in [-0.4, -0.2) is 17.9 Å². The van der Waals surface area contributed by atoms with Gasteiger partial charge >= 0.3 is 5.97 Å². The second-order valence-electron chi connectivity index (χ2n) is 14.0. The van der Waals surface area contributed by atoms with Gasteiger partial charge in [-0.15, -0.1) is 0 Å². The zero-order valence-electron chi connectivity index (χ0n) is 23.0. The average molecular weight is 473 g/mol. The van der Waals surface area contributed by atoms with E-state index < -0.39 is 0 Å². The summed E-state index contributed by atoms with van der Waals surface area (Å²) in [7, 11) is 0. The Kier molecular flexibility index (Phi) is 7.90. The monoisotopic (exact) mass is 472 g/mol. The van der Waals surface area contributed by atoms with Crippen LogP contribution in [-0.2, 0) is 14.3 Å². The van der Waals surface area contributed by atoms with Crippen LogP contribution in [0.1, 0.15) is 125 Å². The lowest BCUT2D eigenvalue weighted by atomic mass is 9.44. The lowest BCUT2D eigenvalue weighted by Crippen LogP contribution is -2.54. The number of hydrogen-bond acceptors (Lipinski definition) is 3. The van der Waals surface area contributed by atoms with E-state index in [9.17, 15) is 9.59 Å². The van der Waals surface area contributed by atoms with Crippen LogP contribution in [0.3, 0.4) is 0 Å². The summed E-state index contributed by atoms with van der Waals surface area (Å²) in [5.74, 6) is 5.58. The van der Waals surface area contributed by atoms with Gasteiger partial charge in [-0.1, -0.05) is 53.9 Å². The number of ether oxygens (including phenoxy) is 1. The first-order valence-electron chi connectivity index (χ1n) is 14.7. The number of rotatable bonds is 8. The number of esters is 1. The van der Waals surface area contributed by atoms with E-state index in [-0.39, 0.29) is 24.3 Å². The summed E-state index contributed by atoms with van der Waals surface area (Å²) in [5, 5.41) is 0. The van der Waals surface area contributed by atoms with Crippen LogP contribution in [0, 0.1) is 52.3 Å². The Morgan fingerprint density at radius 2 is 1.59 bits per heavy atom. The van der Waals surface area contributed by atoms with Gasteiger partial charge in [-0.2, -0.15) is 0 Å². The zero-order chi connectivity index (χ0) is 24.7. The molecule has 0 amide bonds. The Hall–Kier alpha value is -0.860. The lowest BCUT2D eigenvalue weighted by Gasteiger charge is -2.61. The van der Waals surface area contributed by atoms with E-state index in [2.05, 4.69) is 34.6 Å². The molecule has 34 heavy (non-hydrogen) atoms. The molecule has 4 aliphatic carbocycles. The molecule has 3 nitrogen and oxygen atoms in total. The standard InChI is InChI=1S/C31H52O3/c1-20(2)8-7-9-21(3)26-12-13-27-25-11-10-23-19-24(34-29(33)18-22(4)32)14-16-30(23,5)28(25)15-17-31(26,27)6/h20-21,23-28H,7-19H2,1-6H3/t21?,23?,24?,25?,26?,27?,28?,30-,31+/m0/s1. The van der Waals surface area contributed by atoms with Crippen LogP contribution in [0.4, 0.5) is 0 Å². The molecule has 0 bridgehead atoms. The van der Waals surface area contributed by atoms with Crippen LogP contribution in [0.25, 0.3) is 0 Å². The summed E-state index contributed by atoms with van der Waals surface area (Å²) < 4.78 is 5.75. The van der Waals surface area contributed by atoms with Crippen molar-refractivity contribution < 1.29 is 14.3 Å². The second kappa shape index (κ2) is 10.3. The topological polar surface area (TPSA) is 43.4 Å². The maximum atomic E-state index is 12.1. The molecule has 4 saturated carbocycles. The highest BCUT2D eigenvalue weighted by atomic mass is 16.5. The molecule has 3 heteroatoms. The van der Waals surface area contributed by atoms with E-state index in [4.69, 9.17) is 4.74 Å². The van der Waals surface area contributed by atoms with Gasteiger partial charge in [0, 0.05) is 0 Å². The number of carbonyl (C=O) groups is 2. The number of Topliss-reactive ketones (excluding diaryl/α,β-unsaturated/α-hetero) is 1. The van der Waals surface area contributed by atoms with E-state index >= 15 is 0 Å². The zero-order valence-corrected chi connectivity index (χ0v) is 23.0. The van der Waals surface area contributed by atoms with E-state index in [0.717, 1.165) is 48.3 Å². The highest BCUT2D eigenvalue weighted by Gasteiger charge is 2.60. The van der Waals surface area contributed by atoms with Crippen molar-refractivity contribution in [2.45, 2.75) is 131 Å². The number of ketones is 1. The highest BCUT2D eigenvalue weighted by Crippen LogP contribution is 2.68. The predicted molar refractivity (Wildman–Crippen MR) is 138 cm³/mol. The van der Waals surface area contributed by atoms with Crippen LogP contribution in [0.5, 0.6) is 0 Å². The van der Waals surface area contributed by atoms with Gasteiger partial charge in [0.2, 0.25) is 0 Å². The van der Waals surface area contributed by atoms with E-state index in [1.54, 1.807) is 0 Å². The molecule has 4 aliphatic rings. The molecule has 4 rings (SSSR count). The van der Waals surface area contributed by atoms with Gasteiger partial charge in [0.15, 0.2) is 0 Å². The second-order valence-corrected chi connectivity index (χ2v) is 14.0. The van der Waals surface area contributed by atoms with Gasteiger partial charge in [0.1, 0.15) is 18.3 Å². The Labute approximate surface area is 209 Å². The molecule has 0 aliphatic heterocycles. The largest absolute Gasteiger partial charge is 0.462 e. The molecule has 9 atom stereocenters. The third kappa shape index (κ3) is 5.01. The van der Waals surface area contributed by atoms with E-state index in [1.807, 2.05) is 0 Å². The van der Waals surface area contributed by atoms with E-state index in [0.29, 0.717) is 16.7 Å². The third-order valence-corrected chi connectivity index (χ3v) is 11.5. The van der Waals surface area contributed by atoms with Gasteiger partial charge in [-0.3, -0.25) is 9.59 Å². The summed E-state index contributed by atoms with van der Waals surface area (Å²) in [4.78, 5) is 23.4. The SMILES string of the molecule is CC(=O)CC(=O)OC1CC[C@@]2(C)C(CCC3C4CCC(C(C)CCCC(C)C)[C@@]4(C)CCC32)C1. The highest BCUT2D eigenvalue weighted by molar-refractivity contribution is 5.94. The minimum Gasteiger partial charge on any atom is -0.462 e. The fraction of sp³-hybridized carbons (Fsp3) is 0.935. The Morgan fingerprint density at radius 1 is 0.882 bits per heavy atom. The smallest absolute Gasteiger partial charge is 0.313 e. The predicted octanol–water partition coefficient (Wildman–Crippen LogP) is 8.00. The first-order valence-corrected chi connectivity index (χ1v) is 14.7. The van der Waals surface area contributed by atoms with Crippen molar-refractivity contribution in [3.8, 4) is 0 Å². The summed E-state index contributed by atoms with van der Waals surface area (Å²) in [6, 6.07) is 0. The minimum atomic E-state index is -0.317. The molecule has 0 heterocycles. The van der Waals surface area contributed by atoms with Crippen molar-refractivity contribution in [1.82, 2.24) is 0 Å².